The summed E-state index contributed by atoms with van der Waals surface area (Å²) in [5.41, 5.74) is 4.82. The minimum atomic E-state index is 0.126. The highest BCUT2D eigenvalue weighted by Gasteiger charge is 2.24. The van der Waals surface area contributed by atoms with E-state index in [1.807, 2.05) is 4.90 Å². The number of piperazine rings is 1. The molecule has 0 radical (unpaired) electrons. The first kappa shape index (κ1) is 16.3. The first-order chi connectivity index (χ1) is 12.2. The highest BCUT2D eigenvalue weighted by atomic mass is 16.2. The zero-order chi connectivity index (χ0) is 17.2. The number of rotatable bonds is 2. The van der Waals surface area contributed by atoms with E-state index in [0.717, 1.165) is 51.1 Å². The number of benzene rings is 1. The molecule has 1 aliphatic carbocycles. The maximum atomic E-state index is 12.5. The summed E-state index contributed by atoms with van der Waals surface area (Å²) in [7, 11) is 0. The van der Waals surface area contributed by atoms with E-state index in [4.69, 9.17) is 0 Å². The maximum absolute atomic E-state index is 12.5. The predicted octanol–water partition coefficient (Wildman–Crippen LogP) is 3.33. The van der Waals surface area contributed by atoms with Crippen molar-refractivity contribution in [3.05, 3.63) is 36.0 Å². The molecule has 2 heterocycles. The lowest BCUT2D eigenvalue weighted by Crippen LogP contribution is -2.53. The van der Waals surface area contributed by atoms with E-state index in [0.29, 0.717) is 6.04 Å². The van der Waals surface area contributed by atoms with Crippen LogP contribution < -0.4 is 15.5 Å². The molecule has 0 spiro atoms. The maximum Gasteiger partial charge on any atom is 0.317 e. The SMILES string of the molecule is C=C1Cc2cc(N3CCN(C(=O)NC4CCCCC4)CC3)ccc2N1. The van der Waals surface area contributed by atoms with Gasteiger partial charge in [0.05, 0.1) is 0 Å². The Morgan fingerprint density at radius 3 is 2.64 bits per heavy atom. The number of fused-ring (bicyclic) bond motifs is 1. The van der Waals surface area contributed by atoms with Gasteiger partial charge in [-0.15, -0.1) is 0 Å². The summed E-state index contributed by atoms with van der Waals surface area (Å²) < 4.78 is 0. The Hall–Kier alpha value is -2.17. The summed E-state index contributed by atoms with van der Waals surface area (Å²) in [4.78, 5) is 16.8. The van der Waals surface area contributed by atoms with Gasteiger partial charge in [0.1, 0.15) is 0 Å². The van der Waals surface area contributed by atoms with Crippen molar-refractivity contribution in [3.8, 4) is 0 Å². The minimum Gasteiger partial charge on any atom is -0.368 e. The zero-order valence-electron chi connectivity index (χ0n) is 14.9. The molecule has 5 nitrogen and oxygen atoms in total. The van der Waals surface area contributed by atoms with Gasteiger partial charge in [-0.1, -0.05) is 25.8 Å². The fourth-order valence-corrected chi connectivity index (χ4v) is 4.19. The van der Waals surface area contributed by atoms with Gasteiger partial charge in [0, 0.05) is 55.7 Å². The quantitative estimate of drug-likeness (QED) is 0.868. The minimum absolute atomic E-state index is 0.126. The molecule has 3 aliphatic rings. The van der Waals surface area contributed by atoms with Crippen molar-refractivity contribution in [1.82, 2.24) is 10.2 Å². The van der Waals surface area contributed by atoms with E-state index in [9.17, 15) is 4.79 Å². The average molecular weight is 340 g/mol. The lowest BCUT2D eigenvalue weighted by Gasteiger charge is -2.37. The van der Waals surface area contributed by atoms with Crippen molar-refractivity contribution in [1.29, 1.82) is 0 Å². The number of urea groups is 1. The third-order valence-corrected chi connectivity index (χ3v) is 5.67. The number of amides is 2. The third kappa shape index (κ3) is 3.60. The molecule has 0 unspecified atom stereocenters. The molecule has 2 aliphatic heterocycles. The number of anilines is 2. The van der Waals surface area contributed by atoms with Crippen LogP contribution in [0.1, 0.15) is 37.7 Å². The summed E-state index contributed by atoms with van der Waals surface area (Å²) in [5.74, 6) is 0. The van der Waals surface area contributed by atoms with Crippen molar-refractivity contribution in [3.63, 3.8) is 0 Å². The van der Waals surface area contributed by atoms with Crippen molar-refractivity contribution in [2.24, 2.45) is 0 Å². The van der Waals surface area contributed by atoms with Crippen molar-refractivity contribution in [2.75, 3.05) is 36.4 Å². The molecule has 2 N–H and O–H groups in total. The zero-order valence-corrected chi connectivity index (χ0v) is 14.9. The van der Waals surface area contributed by atoms with Crippen molar-refractivity contribution in [2.45, 2.75) is 44.6 Å². The Labute approximate surface area is 150 Å². The average Bonchev–Trinajstić information content (AvgIpc) is 3.02. The Morgan fingerprint density at radius 1 is 1.12 bits per heavy atom. The first-order valence-electron chi connectivity index (χ1n) is 9.57. The van der Waals surface area contributed by atoms with Crippen LogP contribution in [0.25, 0.3) is 0 Å². The second kappa shape index (κ2) is 6.98. The van der Waals surface area contributed by atoms with E-state index in [-0.39, 0.29) is 6.03 Å². The molecule has 1 aromatic rings. The fourth-order valence-electron chi connectivity index (χ4n) is 4.19. The number of nitrogens with zero attached hydrogens (tertiary/aromatic N) is 2. The van der Waals surface area contributed by atoms with E-state index < -0.39 is 0 Å². The lowest BCUT2D eigenvalue weighted by molar-refractivity contribution is 0.186. The van der Waals surface area contributed by atoms with Crippen LogP contribution in [-0.2, 0) is 6.42 Å². The van der Waals surface area contributed by atoms with E-state index >= 15 is 0 Å². The highest BCUT2D eigenvalue weighted by Crippen LogP contribution is 2.31. The molecule has 1 saturated carbocycles. The second-order valence-electron chi connectivity index (χ2n) is 7.51. The van der Waals surface area contributed by atoms with Crippen LogP contribution >= 0.6 is 0 Å². The van der Waals surface area contributed by atoms with Crippen LogP contribution in [0.15, 0.2) is 30.5 Å². The Kier molecular flexibility index (Phi) is 4.55. The largest absolute Gasteiger partial charge is 0.368 e. The summed E-state index contributed by atoms with van der Waals surface area (Å²) in [6.45, 7) is 7.39. The summed E-state index contributed by atoms with van der Waals surface area (Å²) >= 11 is 0. The van der Waals surface area contributed by atoms with Gasteiger partial charge >= 0.3 is 6.03 Å². The number of carbonyl (C=O) groups is 1. The molecule has 1 aromatic carbocycles. The van der Waals surface area contributed by atoms with Crippen molar-refractivity contribution >= 4 is 17.4 Å². The normalized spacial score (nSPS) is 21.0. The van der Waals surface area contributed by atoms with E-state index in [1.165, 1.54) is 36.2 Å². The van der Waals surface area contributed by atoms with Gasteiger partial charge in [0.15, 0.2) is 0 Å². The summed E-state index contributed by atoms with van der Waals surface area (Å²) in [6.07, 6.45) is 7.00. The topological polar surface area (TPSA) is 47.6 Å². The highest BCUT2D eigenvalue weighted by molar-refractivity contribution is 5.75. The van der Waals surface area contributed by atoms with Gasteiger partial charge in [0.25, 0.3) is 0 Å². The van der Waals surface area contributed by atoms with Crippen LogP contribution in [0.3, 0.4) is 0 Å². The van der Waals surface area contributed by atoms with Gasteiger partial charge in [-0.25, -0.2) is 4.79 Å². The van der Waals surface area contributed by atoms with Crippen LogP contribution in [0, 0.1) is 0 Å². The van der Waals surface area contributed by atoms with Gasteiger partial charge in [-0.2, -0.15) is 0 Å². The van der Waals surface area contributed by atoms with Gasteiger partial charge in [-0.3, -0.25) is 0 Å². The number of carbonyl (C=O) groups excluding carboxylic acids is 1. The molecule has 25 heavy (non-hydrogen) atoms. The lowest BCUT2D eigenvalue weighted by atomic mass is 9.96. The standard InChI is InChI=1S/C20H28N4O/c1-15-13-16-14-18(7-8-19(16)21-15)23-9-11-24(12-10-23)20(25)22-17-5-3-2-4-6-17/h7-8,14,17,21H,1-6,9-13H2,(H,22,25). The number of hydrogen-bond acceptors (Lipinski definition) is 3. The van der Waals surface area contributed by atoms with Gasteiger partial charge < -0.3 is 20.4 Å². The van der Waals surface area contributed by atoms with Gasteiger partial charge in [0.2, 0.25) is 0 Å². The van der Waals surface area contributed by atoms with Crippen LogP contribution in [0.5, 0.6) is 0 Å². The molecular weight excluding hydrogens is 312 g/mol. The predicted molar refractivity (Wildman–Crippen MR) is 102 cm³/mol. The molecule has 0 bridgehead atoms. The van der Waals surface area contributed by atoms with Crippen LogP contribution in [0.4, 0.5) is 16.2 Å². The molecular formula is C20H28N4O. The summed E-state index contributed by atoms with van der Waals surface area (Å²) in [5, 5.41) is 6.55. The smallest absolute Gasteiger partial charge is 0.317 e. The van der Waals surface area contributed by atoms with Crippen molar-refractivity contribution < 1.29 is 4.79 Å². The summed E-state index contributed by atoms with van der Waals surface area (Å²) in [6, 6.07) is 7.09. The fraction of sp³-hybridized carbons (Fsp3) is 0.550. The molecule has 5 heteroatoms. The molecule has 0 atom stereocenters. The Bertz CT molecular complexity index is 658. The Morgan fingerprint density at radius 2 is 1.88 bits per heavy atom. The van der Waals surface area contributed by atoms with Crippen LogP contribution in [-0.4, -0.2) is 43.2 Å². The molecule has 2 amide bonds. The molecule has 0 aromatic heterocycles. The number of nitrogens with one attached hydrogen (secondary N) is 2. The Balaban J connectivity index is 1.31. The molecule has 1 saturated heterocycles. The number of hydrogen-bond donors (Lipinski definition) is 2. The first-order valence-corrected chi connectivity index (χ1v) is 9.57. The molecule has 2 fully saturated rings. The van der Waals surface area contributed by atoms with E-state index in [1.54, 1.807) is 0 Å². The second-order valence-corrected chi connectivity index (χ2v) is 7.51. The third-order valence-electron chi connectivity index (χ3n) is 5.67. The molecule has 4 rings (SSSR count). The number of allylic oxidation sites excluding steroid dienone is 1. The van der Waals surface area contributed by atoms with E-state index in [2.05, 4.69) is 40.3 Å². The van der Waals surface area contributed by atoms with Crippen LogP contribution in [0.2, 0.25) is 0 Å². The monoisotopic (exact) mass is 340 g/mol. The molecule has 134 valence electrons. The van der Waals surface area contributed by atoms with Gasteiger partial charge in [-0.05, 0) is 36.6 Å².